The molecule has 0 aliphatic heterocycles. The molecule has 0 bridgehead atoms. The molecule has 0 aliphatic rings. The van der Waals surface area contributed by atoms with Gasteiger partial charge in [-0.15, -0.1) is 0 Å². The molecule has 3 aromatic carbocycles. The normalized spacial score (nSPS) is 10.9. The van der Waals surface area contributed by atoms with Gasteiger partial charge in [-0.05, 0) is 43.3 Å². The highest BCUT2D eigenvalue weighted by molar-refractivity contribution is 7.92. The van der Waals surface area contributed by atoms with Crippen LogP contribution in [-0.4, -0.2) is 49.3 Å². The highest BCUT2D eigenvalue weighted by atomic mass is 32.2. The minimum Gasteiger partial charge on any atom is -0.497 e. The molecule has 3 rings (SSSR count). The zero-order valence-electron chi connectivity index (χ0n) is 20.2. The van der Waals surface area contributed by atoms with Gasteiger partial charge < -0.3 is 24.3 Å². The molecule has 0 atom stereocenters. The maximum Gasteiger partial charge on any atom is 0.264 e. The van der Waals surface area contributed by atoms with Crippen LogP contribution < -0.4 is 28.6 Å². The monoisotopic (exact) mass is 500 g/mol. The molecule has 1 N–H and O–H groups in total. The first-order chi connectivity index (χ1) is 16.7. The van der Waals surface area contributed by atoms with Crippen LogP contribution in [-0.2, 0) is 14.8 Å². The number of sulfonamides is 1. The molecule has 1 amide bonds. The van der Waals surface area contributed by atoms with Gasteiger partial charge in [-0.1, -0.05) is 17.7 Å². The molecule has 0 aromatic heterocycles. The van der Waals surface area contributed by atoms with Crippen molar-refractivity contribution in [2.75, 3.05) is 44.6 Å². The van der Waals surface area contributed by atoms with Crippen molar-refractivity contribution in [3.63, 3.8) is 0 Å². The van der Waals surface area contributed by atoms with E-state index >= 15 is 0 Å². The van der Waals surface area contributed by atoms with E-state index in [9.17, 15) is 13.2 Å². The Morgan fingerprint density at radius 2 is 1.40 bits per heavy atom. The third-order valence-electron chi connectivity index (χ3n) is 5.23. The van der Waals surface area contributed by atoms with Gasteiger partial charge in [0, 0.05) is 12.1 Å². The quantitative estimate of drug-likeness (QED) is 0.451. The van der Waals surface area contributed by atoms with Crippen molar-refractivity contribution in [2.24, 2.45) is 0 Å². The lowest BCUT2D eigenvalue weighted by Crippen LogP contribution is -2.38. The predicted octanol–water partition coefficient (Wildman–Crippen LogP) is 3.86. The number of hydrogen-bond acceptors (Lipinski definition) is 7. The summed E-state index contributed by atoms with van der Waals surface area (Å²) in [7, 11) is 1.70. The van der Waals surface area contributed by atoms with E-state index in [1.165, 1.54) is 46.6 Å². The number of nitrogens with one attached hydrogen (secondary N) is 1. The first-order valence-corrected chi connectivity index (χ1v) is 12.0. The van der Waals surface area contributed by atoms with Gasteiger partial charge in [0.15, 0.2) is 0 Å². The average Bonchev–Trinajstić information content (AvgIpc) is 2.87. The summed E-state index contributed by atoms with van der Waals surface area (Å²) in [6.07, 6.45) is 0. The van der Waals surface area contributed by atoms with E-state index in [4.69, 9.17) is 18.9 Å². The van der Waals surface area contributed by atoms with Crippen LogP contribution in [0.1, 0.15) is 5.56 Å². The number of rotatable bonds is 10. The Labute approximate surface area is 205 Å². The van der Waals surface area contributed by atoms with Crippen LogP contribution >= 0.6 is 0 Å². The van der Waals surface area contributed by atoms with Crippen LogP contribution in [0.15, 0.2) is 65.6 Å². The van der Waals surface area contributed by atoms with Gasteiger partial charge in [0.2, 0.25) is 5.91 Å². The largest absolute Gasteiger partial charge is 0.497 e. The molecular formula is C25H28N2O7S. The predicted molar refractivity (Wildman–Crippen MR) is 133 cm³/mol. The number of aryl methyl sites for hydroxylation is 1. The van der Waals surface area contributed by atoms with Crippen molar-refractivity contribution in [2.45, 2.75) is 11.8 Å². The summed E-state index contributed by atoms with van der Waals surface area (Å²) in [6.45, 7) is 1.32. The van der Waals surface area contributed by atoms with Gasteiger partial charge in [-0.2, -0.15) is 0 Å². The molecule has 0 unspecified atom stereocenters. The maximum absolute atomic E-state index is 13.7. The summed E-state index contributed by atoms with van der Waals surface area (Å²) >= 11 is 0. The molecule has 0 saturated carbocycles. The topological polar surface area (TPSA) is 103 Å². The zero-order chi connectivity index (χ0) is 25.6. The van der Waals surface area contributed by atoms with Gasteiger partial charge in [-0.3, -0.25) is 9.10 Å². The standard InChI is InChI=1S/C25H28N2O7S/c1-17-6-10-20(11-7-17)35(29,30)27(22-14-18(31-2)9-13-23(22)33-4)16-25(28)26-21-12-8-19(32-3)15-24(21)34-5/h6-15H,16H2,1-5H3,(H,26,28). The summed E-state index contributed by atoms with van der Waals surface area (Å²) in [4.78, 5) is 13.2. The third kappa shape index (κ3) is 5.78. The summed E-state index contributed by atoms with van der Waals surface area (Å²) in [5.41, 5.74) is 1.42. The van der Waals surface area contributed by atoms with Gasteiger partial charge in [0.1, 0.15) is 29.5 Å². The summed E-state index contributed by atoms with van der Waals surface area (Å²) in [5, 5.41) is 2.71. The SMILES string of the molecule is COc1ccc(NC(=O)CN(c2cc(OC)ccc2OC)S(=O)(=O)c2ccc(C)cc2)c(OC)c1. The van der Waals surface area contributed by atoms with Gasteiger partial charge >= 0.3 is 0 Å². The second-order valence-electron chi connectivity index (χ2n) is 7.48. The van der Waals surface area contributed by atoms with Crippen LogP contribution in [0.4, 0.5) is 11.4 Å². The Morgan fingerprint density at radius 1 is 0.800 bits per heavy atom. The minimum atomic E-state index is -4.16. The summed E-state index contributed by atoms with van der Waals surface area (Å²) in [6, 6.07) is 16.0. The lowest BCUT2D eigenvalue weighted by atomic mass is 10.2. The number of benzene rings is 3. The van der Waals surface area contributed by atoms with Crippen molar-refractivity contribution >= 4 is 27.3 Å². The number of nitrogens with zero attached hydrogens (tertiary/aromatic N) is 1. The second-order valence-corrected chi connectivity index (χ2v) is 9.34. The van der Waals surface area contributed by atoms with Crippen molar-refractivity contribution in [3.8, 4) is 23.0 Å². The van der Waals surface area contributed by atoms with Crippen LogP contribution in [0.2, 0.25) is 0 Å². The molecule has 0 saturated heterocycles. The van der Waals surface area contributed by atoms with Crippen molar-refractivity contribution in [3.05, 3.63) is 66.2 Å². The highest BCUT2D eigenvalue weighted by Gasteiger charge is 2.30. The third-order valence-corrected chi connectivity index (χ3v) is 7.01. The fourth-order valence-electron chi connectivity index (χ4n) is 3.35. The molecule has 3 aromatic rings. The lowest BCUT2D eigenvalue weighted by Gasteiger charge is -2.26. The fraction of sp³-hybridized carbons (Fsp3) is 0.240. The van der Waals surface area contributed by atoms with Crippen LogP contribution in [0.5, 0.6) is 23.0 Å². The van der Waals surface area contributed by atoms with Crippen LogP contribution in [0.3, 0.4) is 0 Å². The van der Waals surface area contributed by atoms with E-state index in [0.717, 1.165) is 9.87 Å². The Hall–Kier alpha value is -3.92. The second kappa shape index (κ2) is 11.0. The average molecular weight is 501 g/mol. The number of hydrogen-bond donors (Lipinski definition) is 1. The molecular weight excluding hydrogens is 472 g/mol. The number of amides is 1. The summed E-state index contributed by atoms with van der Waals surface area (Å²) < 4.78 is 49.6. The zero-order valence-corrected chi connectivity index (χ0v) is 21.0. The minimum absolute atomic E-state index is 0.0304. The van der Waals surface area contributed by atoms with E-state index in [1.807, 2.05) is 6.92 Å². The van der Waals surface area contributed by atoms with E-state index in [0.29, 0.717) is 22.9 Å². The molecule has 9 nitrogen and oxygen atoms in total. The molecule has 10 heteroatoms. The van der Waals surface area contributed by atoms with Crippen LogP contribution in [0.25, 0.3) is 0 Å². The molecule has 0 fully saturated rings. The van der Waals surface area contributed by atoms with E-state index in [1.54, 1.807) is 42.5 Å². The molecule has 35 heavy (non-hydrogen) atoms. The Bertz CT molecular complexity index is 1290. The number of carbonyl (C=O) groups is 1. The number of methoxy groups -OCH3 is 4. The summed E-state index contributed by atoms with van der Waals surface area (Å²) in [5.74, 6) is 0.988. The number of ether oxygens (including phenoxy) is 4. The Morgan fingerprint density at radius 3 is 2.00 bits per heavy atom. The molecule has 0 aliphatic carbocycles. The molecule has 0 heterocycles. The molecule has 0 radical (unpaired) electrons. The van der Waals surface area contributed by atoms with Crippen LogP contribution in [0, 0.1) is 6.92 Å². The lowest BCUT2D eigenvalue weighted by molar-refractivity contribution is -0.114. The van der Waals surface area contributed by atoms with E-state index in [2.05, 4.69) is 5.32 Å². The van der Waals surface area contributed by atoms with E-state index < -0.39 is 22.5 Å². The number of carbonyl (C=O) groups excluding carboxylic acids is 1. The van der Waals surface area contributed by atoms with E-state index in [-0.39, 0.29) is 16.3 Å². The van der Waals surface area contributed by atoms with Gasteiger partial charge in [0.25, 0.3) is 10.0 Å². The Balaban J connectivity index is 2.04. The molecule has 186 valence electrons. The smallest absolute Gasteiger partial charge is 0.264 e. The maximum atomic E-state index is 13.7. The number of anilines is 2. The van der Waals surface area contributed by atoms with Crippen molar-refractivity contribution in [1.29, 1.82) is 0 Å². The fourth-order valence-corrected chi connectivity index (χ4v) is 4.77. The molecule has 0 spiro atoms. The van der Waals surface area contributed by atoms with Gasteiger partial charge in [0.05, 0.1) is 44.7 Å². The first-order valence-electron chi connectivity index (χ1n) is 10.6. The van der Waals surface area contributed by atoms with Crippen molar-refractivity contribution < 1.29 is 32.2 Å². The highest BCUT2D eigenvalue weighted by Crippen LogP contribution is 2.36. The Kier molecular flexibility index (Phi) is 8.08. The van der Waals surface area contributed by atoms with Gasteiger partial charge in [-0.25, -0.2) is 8.42 Å². The van der Waals surface area contributed by atoms with Crippen molar-refractivity contribution in [1.82, 2.24) is 0 Å². The first kappa shape index (κ1) is 25.7.